The van der Waals surface area contributed by atoms with Gasteiger partial charge in [0.15, 0.2) is 0 Å². The topological polar surface area (TPSA) is 37.3 Å². The summed E-state index contributed by atoms with van der Waals surface area (Å²) in [5, 5.41) is 12.2. The second-order valence-corrected chi connectivity index (χ2v) is 8.08. The first-order valence-corrected chi connectivity index (χ1v) is 10.2. The summed E-state index contributed by atoms with van der Waals surface area (Å²) in [6, 6.07) is 20.2. The van der Waals surface area contributed by atoms with Crippen molar-refractivity contribution in [3.05, 3.63) is 82.9 Å². The number of ketones is 1. The number of allylic oxidation sites excluding steroid dienone is 1. The molecule has 2 aliphatic carbocycles. The van der Waals surface area contributed by atoms with Gasteiger partial charge >= 0.3 is 0 Å². The number of carbonyl (C=O) groups is 1. The lowest BCUT2D eigenvalue weighted by Gasteiger charge is -2.47. The van der Waals surface area contributed by atoms with E-state index in [-0.39, 0.29) is 11.7 Å². The first-order valence-electron chi connectivity index (χ1n) is 10.2. The smallest absolute Gasteiger partial charge is 0.137 e. The minimum absolute atomic E-state index is 0.0192. The molecule has 0 fully saturated rings. The Bertz CT molecular complexity index is 837. The Morgan fingerprint density at radius 3 is 2.22 bits per heavy atom. The molecule has 140 valence electrons. The molecule has 27 heavy (non-hydrogen) atoms. The molecule has 0 saturated carbocycles. The average Bonchev–Trinajstić information content (AvgIpc) is 2.95. The first-order chi connectivity index (χ1) is 13.1. The Morgan fingerprint density at radius 2 is 1.56 bits per heavy atom. The Hall–Kier alpha value is -2.19. The summed E-state index contributed by atoms with van der Waals surface area (Å²) < 4.78 is 0. The van der Waals surface area contributed by atoms with Gasteiger partial charge in [-0.05, 0) is 55.7 Å². The summed E-state index contributed by atoms with van der Waals surface area (Å²) in [5.74, 6) is -0.351. The third-order valence-electron chi connectivity index (χ3n) is 6.49. The second-order valence-electron chi connectivity index (χ2n) is 8.08. The second kappa shape index (κ2) is 7.44. The molecule has 0 unspecified atom stereocenters. The Morgan fingerprint density at radius 1 is 0.926 bits per heavy atom. The standard InChI is InChI=1S/C25H28O2/c1-18(26)24-22(19-11-5-2-6-12-19)17-20-13-7-3-10-16-23(20)25(24,27)21-14-8-4-9-15-21/h2,4-6,8-9,11-12,14-15,22,24,27H,3,7,10,13,16-17H2,1H3/t22-,24-,25+/m0/s1. The quantitative estimate of drug-likeness (QED) is 0.731. The van der Waals surface area contributed by atoms with Crippen molar-refractivity contribution in [2.45, 2.75) is 57.0 Å². The van der Waals surface area contributed by atoms with Gasteiger partial charge in [-0.3, -0.25) is 4.79 Å². The monoisotopic (exact) mass is 360 g/mol. The van der Waals surface area contributed by atoms with Gasteiger partial charge in [-0.1, -0.05) is 72.7 Å². The zero-order valence-corrected chi connectivity index (χ0v) is 16.0. The molecule has 4 rings (SSSR count). The van der Waals surface area contributed by atoms with Gasteiger partial charge in [-0.15, -0.1) is 0 Å². The first kappa shape index (κ1) is 18.2. The van der Waals surface area contributed by atoms with Crippen LogP contribution in [-0.2, 0) is 10.4 Å². The van der Waals surface area contributed by atoms with E-state index in [2.05, 4.69) is 12.1 Å². The van der Waals surface area contributed by atoms with E-state index in [0.717, 1.165) is 42.4 Å². The third kappa shape index (κ3) is 3.17. The number of aliphatic hydroxyl groups is 1. The molecule has 3 atom stereocenters. The van der Waals surface area contributed by atoms with Crippen LogP contribution >= 0.6 is 0 Å². The van der Waals surface area contributed by atoms with Crippen molar-refractivity contribution in [2.75, 3.05) is 0 Å². The summed E-state index contributed by atoms with van der Waals surface area (Å²) in [6.45, 7) is 1.65. The van der Waals surface area contributed by atoms with Crippen LogP contribution in [0.25, 0.3) is 0 Å². The van der Waals surface area contributed by atoms with E-state index < -0.39 is 11.5 Å². The zero-order valence-electron chi connectivity index (χ0n) is 16.0. The van der Waals surface area contributed by atoms with Gasteiger partial charge in [0.05, 0.1) is 5.92 Å². The summed E-state index contributed by atoms with van der Waals surface area (Å²) in [6.07, 6.45) is 6.28. The molecular weight excluding hydrogens is 332 g/mol. The maximum atomic E-state index is 12.9. The van der Waals surface area contributed by atoms with Gasteiger partial charge in [0.25, 0.3) is 0 Å². The number of rotatable bonds is 3. The number of carbonyl (C=O) groups excluding carboxylic acids is 1. The molecule has 0 amide bonds. The van der Waals surface area contributed by atoms with Crippen molar-refractivity contribution < 1.29 is 9.90 Å². The molecule has 2 heteroatoms. The van der Waals surface area contributed by atoms with Gasteiger partial charge in [0.1, 0.15) is 11.4 Å². The van der Waals surface area contributed by atoms with Gasteiger partial charge in [-0.2, -0.15) is 0 Å². The van der Waals surface area contributed by atoms with Crippen molar-refractivity contribution in [2.24, 2.45) is 5.92 Å². The van der Waals surface area contributed by atoms with E-state index in [0.29, 0.717) is 0 Å². The van der Waals surface area contributed by atoms with Crippen LogP contribution in [0.4, 0.5) is 0 Å². The van der Waals surface area contributed by atoms with Gasteiger partial charge in [-0.25, -0.2) is 0 Å². The van der Waals surface area contributed by atoms with Crippen LogP contribution in [0, 0.1) is 5.92 Å². The van der Waals surface area contributed by atoms with Gasteiger partial charge < -0.3 is 5.11 Å². The average molecular weight is 360 g/mol. The Kier molecular flexibility index (Phi) is 5.01. The highest BCUT2D eigenvalue weighted by Crippen LogP contribution is 2.54. The maximum Gasteiger partial charge on any atom is 0.137 e. The molecule has 0 aliphatic heterocycles. The fraction of sp³-hybridized carbons (Fsp3) is 0.400. The molecule has 2 nitrogen and oxygen atoms in total. The minimum atomic E-state index is -1.20. The molecule has 2 aromatic carbocycles. The number of hydrogen-bond donors (Lipinski definition) is 1. The summed E-state index contributed by atoms with van der Waals surface area (Å²) in [5.41, 5.74) is 3.32. The van der Waals surface area contributed by atoms with Crippen LogP contribution in [0.1, 0.15) is 62.5 Å². The van der Waals surface area contributed by atoms with Crippen LogP contribution in [0.5, 0.6) is 0 Å². The largest absolute Gasteiger partial charge is 0.380 e. The lowest BCUT2D eigenvalue weighted by molar-refractivity contribution is -0.131. The van der Waals surface area contributed by atoms with Crippen molar-refractivity contribution >= 4 is 5.78 Å². The van der Waals surface area contributed by atoms with Gasteiger partial charge in [0, 0.05) is 5.92 Å². The van der Waals surface area contributed by atoms with Crippen molar-refractivity contribution in [1.82, 2.24) is 0 Å². The SMILES string of the molecule is CC(=O)[C@H]1[C@H](c2ccccc2)CC2=C(CCCCC2)[C@]1(O)c1ccccc1. The highest BCUT2D eigenvalue weighted by Gasteiger charge is 2.52. The highest BCUT2D eigenvalue weighted by atomic mass is 16.3. The summed E-state index contributed by atoms with van der Waals surface area (Å²) in [4.78, 5) is 12.9. The minimum Gasteiger partial charge on any atom is -0.380 e. The number of hydrogen-bond acceptors (Lipinski definition) is 2. The molecule has 0 bridgehead atoms. The van der Waals surface area contributed by atoms with Crippen LogP contribution in [0.2, 0.25) is 0 Å². The molecule has 0 saturated heterocycles. The van der Waals surface area contributed by atoms with E-state index in [1.165, 1.54) is 18.4 Å². The summed E-state index contributed by atoms with van der Waals surface area (Å²) >= 11 is 0. The fourth-order valence-electron chi connectivity index (χ4n) is 5.33. The molecule has 0 spiro atoms. The van der Waals surface area contributed by atoms with E-state index in [1.807, 2.05) is 48.5 Å². The molecule has 0 aromatic heterocycles. The van der Waals surface area contributed by atoms with Crippen molar-refractivity contribution in [1.29, 1.82) is 0 Å². The Balaban J connectivity index is 1.94. The molecule has 2 aliphatic rings. The van der Waals surface area contributed by atoms with Crippen LogP contribution in [-0.4, -0.2) is 10.9 Å². The van der Waals surface area contributed by atoms with Crippen LogP contribution in [0.15, 0.2) is 71.8 Å². The Labute approximate surface area is 161 Å². The third-order valence-corrected chi connectivity index (χ3v) is 6.49. The zero-order chi connectivity index (χ0) is 18.9. The molecule has 2 aromatic rings. The fourth-order valence-corrected chi connectivity index (χ4v) is 5.33. The lowest BCUT2D eigenvalue weighted by Crippen LogP contribution is -2.47. The van der Waals surface area contributed by atoms with Crippen LogP contribution < -0.4 is 0 Å². The summed E-state index contributed by atoms with van der Waals surface area (Å²) in [7, 11) is 0. The van der Waals surface area contributed by atoms with E-state index >= 15 is 0 Å². The lowest BCUT2D eigenvalue weighted by atomic mass is 9.59. The van der Waals surface area contributed by atoms with E-state index in [4.69, 9.17) is 0 Å². The molecular formula is C25H28O2. The van der Waals surface area contributed by atoms with E-state index in [1.54, 1.807) is 6.92 Å². The van der Waals surface area contributed by atoms with Crippen molar-refractivity contribution in [3.8, 4) is 0 Å². The number of benzene rings is 2. The normalized spacial score (nSPS) is 28.4. The predicted molar refractivity (Wildman–Crippen MR) is 108 cm³/mol. The number of Topliss-reactive ketones (excluding diaryl/α,β-unsaturated/α-hetero) is 1. The van der Waals surface area contributed by atoms with Crippen molar-refractivity contribution in [3.63, 3.8) is 0 Å². The highest BCUT2D eigenvalue weighted by molar-refractivity contribution is 5.82. The van der Waals surface area contributed by atoms with Gasteiger partial charge in [0.2, 0.25) is 0 Å². The maximum absolute atomic E-state index is 12.9. The van der Waals surface area contributed by atoms with E-state index in [9.17, 15) is 9.90 Å². The van der Waals surface area contributed by atoms with Crippen LogP contribution in [0.3, 0.4) is 0 Å². The molecule has 0 heterocycles. The predicted octanol–water partition coefficient (Wildman–Crippen LogP) is 5.53. The molecule has 0 radical (unpaired) electrons. The molecule has 1 N–H and O–H groups in total.